The molecule has 8 nitrogen and oxygen atoms in total. The van der Waals surface area contributed by atoms with E-state index in [1.54, 1.807) is 6.08 Å². The maximum absolute atomic E-state index is 13.3. The third-order valence-corrected chi connectivity index (χ3v) is 9.26. The van der Waals surface area contributed by atoms with E-state index in [2.05, 4.69) is 11.6 Å². The molecule has 2 aliphatic rings. The lowest BCUT2D eigenvalue weighted by molar-refractivity contribution is 0.0998. The first-order valence-corrected chi connectivity index (χ1v) is 14.0. The van der Waals surface area contributed by atoms with Gasteiger partial charge >= 0.3 is 0 Å². The van der Waals surface area contributed by atoms with Crippen molar-refractivity contribution < 1.29 is 22.7 Å². The maximum atomic E-state index is 13.3. The number of para-hydroxylation sites is 1. The van der Waals surface area contributed by atoms with E-state index in [0.29, 0.717) is 60.3 Å². The molecule has 0 unspecified atom stereocenters. The number of allylic oxidation sites excluding steroid dienone is 1. The van der Waals surface area contributed by atoms with Crippen LogP contribution < -0.4 is 18.6 Å². The largest absolute Gasteiger partial charge is 0.486 e. The number of hydrogen-bond donors (Lipinski definition) is 0. The van der Waals surface area contributed by atoms with Crippen LogP contribution >= 0.6 is 11.3 Å². The van der Waals surface area contributed by atoms with Crippen molar-refractivity contribution in [3.63, 3.8) is 0 Å². The van der Waals surface area contributed by atoms with Gasteiger partial charge in [0.25, 0.3) is 15.9 Å². The SMILES string of the molecule is C=CCn1c(=NC(=O)c2ccc(S(=O)(=O)N3CCc4ccccc43)cc2)sc2cc3c(cc21)OCCO3. The number of benzene rings is 3. The lowest BCUT2D eigenvalue weighted by atomic mass is 10.2. The Kier molecular flexibility index (Phi) is 5.85. The van der Waals surface area contributed by atoms with Crippen LogP contribution in [-0.4, -0.2) is 38.7 Å². The summed E-state index contributed by atoms with van der Waals surface area (Å²) >= 11 is 1.37. The van der Waals surface area contributed by atoms with E-state index in [1.807, 2.05) is 41.0 Å². The lowest BCUT2D eigenvalue weighted by Gasteiger charge is -2.19. The number of carbonyl (C=O) groups is 1. The molecule has 188 valence electrons. The van der Waals surface area contributed by atoms with Gasteiger partial charge in [0.1, 0.15) is 13.2 Å². The Bertz CT molecular complexity index is 1720. The van der Waals surface area contributed by atoms with Crippen LogP contribution in [0.15, 0.2) is 83.2 Å². The molecule has 1 aromatic heterocycles. The summed E-state index contributed by atoms with van der Waals surface area (Å²) in [5.74, 6) is 0.864. The average Bonchev–Trinajstić information content (AvgIpc) is 3.49. The Morgan fingerprint density at radius 3 is 2.54 bits per heavy atom. The highest BCUT2D eigenvalue weighted by molar-refractivity contribution is 7.92. The highest BCUT2D eigenvalue weighted by Crippen LogP contribution is 2.36. The number of rotatable bonds is 5. The average molecular weight is 534 g/mol. The molecule has 3 heterocycles. The van der Waals surface area contributed by atoms with Gasteiger partial charge in [0.15, 0.2) is 16.3 Å². The molecule has 10 heteroatoms. The smallest absolute Gasteiger partial charge is 0.279 e. The molecule has 0 spiro atoms. The van der Waals surface area contributed by atoms with Crippen molar-refractivity contribution in [3.05, 3.63) is 89.2 Å². The molecule has 0 fully saturated rings. The number of aromatic nitrogens is 1. The quantitative estimate of drug-likeness (QED) is 0.360. The van der Waals surface area contributed by atoms with Crippen molar-refractivity contribution in [2.75, 3.05) is 24.1 Å². The molecule has 0 aliphatic carbocycles. The zero-order valence-electron chi connectivity index (χ0n) is 19.8. The van der Waals surface area contributed by atoms with E-state index in [9.17, 15) is 13.2 Å². The number of sulfonamides is 1. The Morgan fingerprint density at radius 1 is 1.05 bits per heavy atom. The number of hydrogen-bond acceptors (Lipinski definition) is 6. The zero-order chi connectivity index (χ0) is 25.6. The molecule has 3 aromatic carbocycles. The standard InChI is InChI=1S/C27H23N3O5S2/c1-2-12-29-22-16-23-24(35-15-14-34-23)17-25(22)36-27(29)28-26(31)19-7-9-20(10-8-19)37(32,33)30-13-11-18-5-3-4-6-21(18)30/h2-10,16-17H,1,11-15H2. The lowest BCUT2D eigenvalue weighted by Crippen LogP contribution is -2.29. The second kappa shape index (κ2) is 9.20. The highest BCUT2D eigenvalue weighted by Gasteiger charge is 2.30. The van der Waals surface area contributed by atoms with Crippen LogP contribution in [0.25, 0.3) is 10.2 Å². The second-order valence-electron chi connectivity index (χ2n) is 8.64. The minimum absolute atomic E-state index is 0.134. The molecule has 0 saturated carbocycles. The van der Waals surface area contributed by atoms with Gasteiger partial charge in [0, 0.05) is 30.8 Å². The topological polar surface area (TPSA) is 90.2 Å². The highest BCUT2D eigenvalue weighted by atomic mass is 32.2. The van der Waals surface area contributed by atoms with E-state index in [-0.39, 0.29) is 4.90 Å². The molecular formula is C27H23N3O5S2. The van der Waals surface area contributed by atoms with Crippen molar-refractivity contribution in [1.82, 2.24) is 4.57 Å². The van der Waals surface area contributed by atoms with Crippen molar-refractivity contribution in [3.8, 4) is 11.5 Å². The van der Waals surface area contributed by atoms with Gasteiger partial charge in [0.05, 0.1) is 20.8 Å². The van der Waals surface area contributed by atoms with E-state index in [0.717, 1.165) is 15.8 Å². The molecular weight excluding hydrogens is 510 g/mol. The monoisotopic (exact) mass is 533 g/mol. The molecule has 0 radical (unpaired) electrons. The summed E-state index contributed by atoms with van der Waals surface area (Å²) in [5.41, 5.74) is 2.88. The van der Waals surface area contributed by atoms with Gasteiger partial charge in [-0.05, 0) is 42.3 Å². The predicted molar refractivity (Wildman–Crippen MR) is 142 cm³/mol. The predicted octanol–water partition coefficient (Wildman–Crippen LogP) is 4.15. The van der Waals surface area contributed by atoms with Gasteiger partial charge in [0.2, 0.25) is 0 Å². The molecule has 4 aromatic rings. The summed E-state index contributed by atoms with van der Waals surface area (Å²) in [7, 11) is -3.74. The minimum Gasteiger partial charge on any atom is -0.486 e. The second-order valence-corrected chi connectivity index (χ2v) is 11.5. The van der Waals surface area contributed by atoms with Crippen LogP contribution in [0.1, 0.15) is 15.9 Å². The number of carbonyl (C=O) groups excluding carboxylic acids is 1. The van der Waals surface area contributed by atoms with Crippen molar-refractivity contribution >= 4 is 43.2 Å². The first kappa shape index (κ1) is 23.5. The number of amides is 1. The van der Waals surface area contributed by atoms with Crippen LogP contribution in [0.4, 0.5) is 5.69 Å². The minimum atomic E-state index is -3.74. The zero-order valence-corrected chi connectivity index (χ0v) is 21.4. The summed E-state index contributed by atoms with van der Waals surface area (Å²) in [6, 6.07) is 17.2. The van der Waals surface area contributed by atoms with Crippen molar-refractivity contribution in [1.29, 1.82) is 0 Å². The number of thiazole rings is 1. The van der Waals surface area contributed by atoms with Gasteiger partial charge < -0.3 is 14.0 Å². The van der Waals surface area contributed by atoms with Crippen LogP contribution in [-0.2, 0) is 23.0 Å². The van der Waals surface area contributed by atoms with Gasteiger partial charge in [-0.2, -0.15) is 4.99 Å². The first-order valence-electron chi connectivity index (χ1n) is 11.8. The van der Waals surface area contributed by atoms with E-state index < -0.39 is 15.9 Å². The molecule has 37 heavy (non-hydrogen) atoms. The number of fused-ring (bicyclic) bond motifs is 3. The first-order chi connectivity index (χ1) is 18.0. The van der Waals surface area contributed by atoms with Gasteiger partial charge in [-0.3, -0.25) is 9.10 Å². The molecule has 2 aliphatic heterocycles. The fraction of sp³-hybridized carbons (Fsp3) is 0.185. The van der Waals surface area contributed by atoms with Gasteiger partial charge in [-0.25, -0.2) is 8.42 Å². The number of ether oxygens (including phenoxy) is 2. The summed E-state index contributed by atoms with van der Waals surface area (Å²) in [6.07, 6.45) is 2.41. The Labute approximate surface area is 217 Å². The molecule has 1 amide bonds. The Balaban J connectivity index is 1.32. The number of nitrogens with zero attached hydrogens (tertiary/aromatic N) is 3. The van der Waals surface area contributed by atoms with Crippen LogP contribution in [0.3, 0.4) is 0 Å². The molecule has 0 bridgehead atoms. The number of anilines is 1. The summed E-state index contributed by atoms with van der Waals surface area (Å²) in [5, 5.41) is 0. The Morgan fingerprint density at radius 2 is 1.78 bits per heavy atom. The molecule has 0 atom stereocenters. The molecule has 0 saturated heterocycles. The van der Waals surface area contributed by atoms with Gasteiger partial charge in [-0.15, -0.1) is 6.58 Å². The van der Waals surface area contributed by atoms with Crippen LogP contribution in [0.2, 0.25) is 0 Å². The van der Waals surface area contributed by atoms with E-state index in [1.165, 1.54) is 39.9 Å². The van der Waals surface area contributed by atoms with E-state index >= 15 is 0 Å². The van der Waals surface area contributed by atoms with Crippen LogP contribution in [0.5, 0.6) is 11.5 Å². The van der Waals surface area contributed by atoms with Gasteiger partial charge in [-0.1, -0.05) is 35.6 Å². The summed E-state index contributed by atoms with van der Waals surface area (Å²) in [4.78, 5) is 18.1. The Hall–Kier alpha value is -3.89. The molecule has 0 N–H and O–H groups in total. The molecule has 6 rings (SSSR count). The fourth-order valence-electron chi connectivity index (χ4n) is 4.60. The van der Waals surface area contributed by atoms with Crippen molar-refractivity contribution in [2.24, 2.45) is 4.99 Å². The fourth-order valence-corrected chi connectivity index (χ4v) is 7.15. The summed E-state index contributed by atoms with van der Waals surface area (Å²) in [6.45, 7) is 5.65. The summed E-state index contributed by atoms with van der Waals surface area (Å²) < 4.78 is 42.2. The normalized spacial score (nSPS) is 15.1. The third kappa shape index (κ3) is 4.11. The van der Waals surface area contributed by atoms with E-state index in [4.69, 9.17) is 9.47 Å². The van der Waals surface area contributed by atoms with Crippen molar-refractivity contribution in [2.45, 2.75) is 17.9 Å². The van der Waals surface area contributed by atoms with Crippen LogP contribution in [0, 0.1) is 0 Å². The maximum Gasteiger partial charge on any atom is 0.279 e. The third-order valence-electron chi connectivity index (χ3n) is 6.39.